The van der Waals surface area contributed by atoms with E-state index in [0.717, 1.165) is 25.6 Å². The Morgan fingerprint density at radius 2 is 2.20 bits per heavy atom. The summed E-state index contributed by atoms with van der Waals surface area (Å²) in [6, 6.07) is 2.20. The average Bonchev–Trinajstić information content (AvgIpc) is 2.95. The van der Waals surface area contributed by atoms with Crippen LogP contribution in [0.2, 0.25) is 0 Å². The topological polar surface area (TPSA) is 21.1 Å². The Morgan fingerprint density at radius 1 is 1.40 bits per heavy atom. The molecule has 0 spiro atoms. The third-order valence-electron chi connectivity index (χ3n) is 3.90. The average molecular weight is 300 g/mol. The summed E-state index contributed by atoms with van der Waals surface area (Å²) in [6.45, 7) is 2.74. The summed E-state index contributed by atoms with van der Waals surface area (Å²) in [5.41, 5.74) is 0.695. The fourth-order valence-electron chi connectivity index (χ4n) is 2.94. The van der Waals surface area contributed by atoms with Gasteiger partial charge in [0.1, 0.15) is 17.2 Å². The van der Waals surface area contributed by atoms with Crippen LogP contribution in [0.15, 0.2) is 12.1 Å². The lowest BCUT2D eigenvalue weighted by atomic mass is 10.1. The Morgan fingerprint density at radius 3 is 2.85 bits per heavy atom. The van der Waals surface area contributed by atoms with Crippen LogP contribution in [0.1, 0.15) is 12.2 Å². The van der Waals surface area contributed by atoms with Gasteiger partial charge in [0.2, 0.25) is 0 Å². The molecule has 3 rings (SSSR count). The zero-order valence-electron chi connectivity index (χ0n) is 11.2. The minimum Gasteiger partial charge on any atom is -0.326 e. The Balaban J connectivity index is 2.03. The van der Waals surface area contributed by atoms with Crippen molar-refractivity contribution in [1.29, 1.82) is 0 Å². The quantitative estimate of drug-likeness (QED) is 0.813. The summed E-state index contributed by atoms with van der Waals surface area (Å²) >= 11 is 5.90. The maximum Gasteiger partial charge on any atom is 0.153 e. The first kappa shape index (κ1) is 13.8. The molecule has 1 aliphatic rings. The predicted octanol–water partition coefficient (Wildman–Crippen LogP) is 3.01. The Bertz CT molecular complexity index is 641. The van der Waals surface area contributed by atoms with Gasteiger partial charge in [0.25, 0.3) is 0 Å². The molecule has 1 saturated heterocycles. The predicted molar refractivity (Wildman–Crippen MR) is 74.8 cm³/mol. The number of hydrogen-bond acceptors (Lipinski definition) is 2. The van der Waals surface area contributed by atoms with Crippen LogP contribution in [0.5, 0.6) is 0 Å². The van der Waals surface area contributed by atoms with E-state index < -0.39 is 11.6 Å². The smallest absolute Gasteiger partial charge is 0.153 e. The van der Waals surface area contributed by atoms with E-state index >= 15 is 0 Å². The summed E-state index contributed by atoms with van der Waals surface area (Å²) in [5.74, 6) is 0.0408. The number of rotatable bonds is 3. The zero-order chi connectivity index (χ0) is 14.3. The van der Waals surface area contributed by atoms with Crippen molar-refractivity contribution in [2.24, 2.45) is 5.92 Å². The first-order valence-electron chi connectivity index (χ1n) is 6.67. The van der Waals surface area contributed by atoms with E-state index in [1.54, 1.807) is 0 Å². The van der Waals surface area contributed by atoms with Gasteiger partial charge in [0.15, 0.2) is 5.82 Å². The zero-order valence-corrected chi connectivity index (χ0v) is 12.0. The molecule has 2 heterocycles. The summed E-state index contributed by atoms with van der Waals surface area (Å²) in [4.78, 5) is 6.46. The van der Waals surface area contributed by atoms with Crippen LogP contribution in [-0.2, 0) is 12.4 Å². The van der Waals surface area contributed by atoms with Crippen molar-refractivity contribution in [3.8, 4) is 0 Å². The van der Waals surface area contributed by atoms with Gasteiger partial charge in [-0.3, -0.25) is 0 Å². The molecule has 1 aliphatic heterocycles. The van der Waals surface area contributed by atoms with Crippen LogP contribution >= 0.6 is 11.6 Å². The number of benzene rings is 1. The second kappa shape index (κ2) is 5.30. The van der Waals surface area contributed by atoms with Crippen LogP contribution in [0.25, 0.3) is 11.0 Å². The number of hydrogen-bond donors (Lipinski definition) is 0. The number of imidazole rings is 1. The molecule has 2 aromatic rings. The van der Waals surface area contributed by atoms with Gasteiger partial charge in [-0.15, -0.1) is 11.6 Å². The van der Waals surface area contributed by atoms with E-state index in [1.807, 2.05) is 4.57 Å². The van der Waals surface area contributed by atoms with Crippen molar-refractivity contribution >= 4 is 22.6 Å². The number of halogens is 3. The summed E-state index contributed by atoms with van der Waals surface area (Å²) in [5, 5.41) is 0. The van der Waals surface area contributed by atoms with Gasteiger partial charge in [-0.1, -0.05) is 0 Å². The van der Waals surface area contributed by atoms with Crippen molar-refractivity contribution in [2.75, 3.05) is 20.1 Å². The van der Waals surface area contributed by atoms with Gasteiger partial charge in [-0.25, -0.2) is 13.8 Å². The first-order chi connectivity index (χ1) is 9.58. The van der Waals surface area contributed by atoms with E-state index in [-0.39, 0.29) is 11.4 Å². The van der Waals surface area contributed by atoms with Crippen molar-refractivity contribution in [2.45, 2.75) is 18.8 Å². The van der Waals surface area contributed by atoms with Crippen molar-refractivity contribution in [3.05, 3.63) is 29.6 Å². The van der Waals surface area contributed by atoms with Crippen LogP contribution < -0.4 is 0 Å². The highest BCUT2D eigenvalue weighted by molar-refractivity contribution is 6.16. The Labute approximate surface area is 121 Å². The van der Waals surface area contributed by atoms with Gasteiger partial charge in [0, 0.05) is 19.2 Å². The molecule has 1 atom stereocenters. The fraction of sp³-hybridized carbons (Fsp3) is 0.500. The van der Waals surface area contributed by atoms with Gasteiger partial charge in [-0.2, -0.15) is 0 Å². The standard InChI is InChI=1S/C14H16ClF2N3/c1-19-3-2-9(7-19)8-20-12-5-10(16)4-11(17)14(12)18-13(20)6-15/h4-5,9H,2-3,6-8H2,1H3. The molecule has 20 heavy (non-hydrogen) atoms. The lowest BCUT2D eigenvalue weighted by molar-refractivity contribution is 0.378. The molecule has 0 N–H and O–H groups in total. The highest BCUT2D eigenvalue weighted by Crippen LogP contribution is 2.25. The number of alkyl halides is 1. The SMILES string of the molecule is CN1CCC(Cn2c(CCl)nc3c(F)cc(F)cc32)C1. The minimum absolute atomic E-state index is 0.193. The van der Waals surface area contributed by atoms with Crippen LogP contribution in [0, 0.1) is 17.6 Å². The normalized spacial score (nSPS) is 20.1. The van der Waals surface area contributed by atoms with Gasteiger partial charge in [-0.05, 0) is 32.0 Å². The molecular weight excluding hydrogens is 284 g/mol. The first-order valence-corrected chi connectivity index (χ1v) is 7.20. The largest absolute Gasteiger partial charge is 0.326 e. The molecule has 0 amide bonds. The van der Waals surface area contributed by atoms with Crippen LogP contribution in [-0.4, -0.2) is 34.6 Å². The molecule has 6 heteroatoms. The second-order valence-corrected chi connectivity index (χ2v) is 5.71. The molecule has 0 aliphatic carbocycles. The van der Waals surface area contributed by atoms with Gasteiger partial charge >= 0.3 is 0 Å². The summed E-state index contributed by atoms with van der Waals surface area (Å²) < 4.78 is 29.1. The van der Waals surface area contributed by atoms with E-state index in [9.17, 15) is 8.78 Å². The number of likely N-dealkylation sites (tertiary alicyclic amines) is 1. The fourth-order valence-corrected chi connectivity index (χ4v) is 3.14. The molecule has 3 nitrogen and oxygen atoms in total. The molecule has 1 aromatic heterocycles. The van der Waals surface area contributed by atoms with Crippen molar-refractivity contribution in [1.82, 2.24) is 14.5 Å². The van der Waals surface area contributed by atoms with E-state index in [1.165, 1.54) is 6.07 Å². The van der Waals surface area contributed by atoms with Gasteiger partial charge in [0.05, 0.1) is 11.4 Å². The van der Waals surface area contributed by atoms with Crippen molar-refractivity contribution in [3.63, 3.8) is 0 Å². The van der Waals surface area contributed by atoms with Gasteiger partial charge < -0.3 is 9.47 Å². The molecule has 1 aromatic carbocycles. The molecule has 0 saturated carbocycles. The third-order valence-corrected chi connectivity index (χ3v) is 4.14. The molecule has 0 bridgehead atoms. The monoisotopic (exact) mass is 299 g/mol. The third kappa shape index (κ3) is 2.40. The second-order valence-electron chi connectivity index (χ2n) is 5.44. The summed E-state index contributed by atoms with van der Waals surface area (Å²) in [7, 11) is 2.08. The van der Waals surface area contributed by atoms with E-state index in [2.05, 4.69) is 16.9 Å². The maximum absolute atomic E-state index is 13.8. The molecular formula is C14H16ClF2N3. The maximum atomic E-state index is 13.8. The van der Waals surface area contributed by atoms with Crippen molar-refractivity contribution < 1.29 is 8.78 Å². The number of nitrogens with zero attached hydrogens (tertiary/aromatic N) is 3. The Hall–Kier alpha value is -1.20. The highest BCUT2D eigenvalue weighted by Gasteiger charge is 2.23. The number of aromatic nitrogens is 2. The molecule has 108 valence electrons. The van der Waals surface area contributed by atoms with E-state index in [4.69, 9.17) is 11.6 Å². The van der Waals surface area contributed by atoms with Crippen LogP contribution in [0.4, 0.5) is 8.78 Å². The lowest BCUT2D eigenvalue weighted by Gasteiger charge is -2.14. The molecule has 0 radical (unpaired) electrons. The minimum atomic E-state index is -0.631. The van der Waals surface area contributed by atoms with E-state index in [0.29, 0.717) is 23.8 Å². The summed E-state index contributed by atoms with van der Waals surface area (Å²) in [6.07, 6.45) is 1.08. The Kier molecular flexibility index (Phi) is 3.65. The molecule has 1 unspecified atom stereocenters. The van der Waals surface area contributed by atoms with Crippen LogP contribution in [0.3, 0.4) is 0 Å². The lowest BCUT2D eigenvalue weighted by Crippen LogP contribution is -2.18. The number of fused-ring (bicyclic) bond motifs is 1. The molecule has 1 fully saturated rings. The highest BCUT2D eigenvalue weighted by atomic mass is 35.5.